The number of likely N-dealkylation sites (tertiary alicyclic amines) is 1. The third-order valence-electron chi connectivity index (χ3n) is 3.53. The average Bonchev–Trinajstić information content (AvgIpc) is 2.33. The van der Waals surface area contributed by atoms with Crippen LogP contribution in [-0.2, 0) is 0 Å². The van der Waals surface area contributed by atoms with E-state index < -0.39 is 0 Å². The molecule has 0 bridgehead atoms. The SMILES string of the molecule is CC1CCCCN1CCNC1=NCCCN1.I. The number of aliphatic imine (C=N–C) groups is 1. The van der Waals surface area contributed by atoms with E-state index in [-0.39, 0.29) is 24.0 Å². The first-order chi connectivity index (χ1) is 7.86. The molecule has 0 spiro atoms. The van der Waals surface area contributed by atoms with Gasteiger partial charge >= 0.3 is 0 Å². The predicted octanol–water partition coefficient (Wildman–Crippen LogP) is 1.42. The zero-order valence-corrected chi connectivity index (χ0v) is 13.1. The number of guanidine groups is 1. The lowest BCUT2D eigenvalue weighted by molar-refractivity contribution is 0.163. The van der Waals surface area contributed by atoms with Crippen LogP contribution in [0.15, 0.2) is 4.99 Å². The molecule has 1 saturated heterocycles. The molecule has 0 saturated carbocycles. The van der Waals surface area contributed by atoms with Gasteiger partial charge in [0.2, 0.25) is 0 Å². The quantitative estimate of drug-likeness (QED) is 0.755. The molecule has 0 aromatic rings. The van der Waals surface area contributed by atoms with Crippen molar-refractivity contribution < 1.29 is 0 Å². The van der Waals surface area contributed by atoms with Crippen molar-refractivity contribution >= 4 is 29.9 Å². The van der Waals surface area contributed by atoms with Gasteiger partial charge in [-0.1, -0.05) is 6.42 Å². The Balaban J connectivity index is 0.00000144. The molecule has 5 heteroatoms. The van der Waals surface area contributed by atoms with Crippen molar-refractivity contribution in [3.63, 3.8) is 0 Å². The summed E-state index contributed by atoms with van der Waals surface area (Å²) >= 11 is 0. The zero-order chi connectivity index (χ0) is 11.2. The van der Waals surface area contributed by atoms with Crippen molar-refractivity contribution in [3.8, 4) is 0 Å². The highest BCUT2D eigenvalue weighted by Crippen LogP contribution is 2.15. The van der Waals surface area contributed by atoms with Gasteiger partial charge in [-0.05, 0) is 32.7 Å². The van der Waals surface area contributed by atoms with Crippen molar-refractivity contribution in [3.05, 3.63) is 0 Å². The minimum absolute atomic E-state index is 0. The smallest absolute Gasteiger partial charge is 0.191 e. The van der Waals surface area contributed by atoms with Crippen molar-refractivity contribution in [1.29, 1.82) is 0 Å². The lowest BCUT2D eigenvalue weighted by Crippen LogP contribution is -2.46. The number of rotatable bonds is 3. The Hall–Kier alpha value is -0.0400. The molecule has 2 rings (SSSR count). The summed E-state index contributed by atoms with van der Waals surface area (Å²) in [6.45, 7) is 7.79. The molecule has 1 unspecified atom stereocenters. The number of nitrogens with one attached hydrogen (secondary N) is 2. The summed E-state index contributed by atoms with van der Waals surface area (Å²) in [4.78, 5) is 6.99. The first-order valence-corrected chi connectivity index (χ1v) is 6.62. The molecule has 2 aliphatic rings. The van der Waals surface area contributed by atoms with E-state index in [1.54, 1.807) is 0 Å². The molecular weight excluding hydrogens is 327 g/mol. The summed E-state index contributed by atoms with van der Waals surface area (Å²) in [6, 6.07) is 0.761. The summed E-state index contributed by atoms with van der Waals surface area (Å²) in [7, 11) is 0. The molecule has 1 fully saturated rings. The molecule has 1 atom stereocenters. The topological polar surface area (TPSA) is 39.7 Å². The lowest BCUT2D eigenvalue weighted by atomic mass is 10.0. The van der Waals surface area contributed by atoms with E-state index in [9.17, 15) is 0 Å². The van der Waals surface area contributed by atoms with Crippen LogP contribution < -0.4 is 10.6 Å². The minimum atomic E-state index is 0. The fraction of sp³-hybridized carbons (Fsp3) is 0.917. The highest BCUT2D eigenvalue weighted by molar-refractivity contribution is 14.0. The van der Waals surface area contributed by atoms with Crippen LogP contribution in [0.1, 0.15) is 32.6 Å². The van der Waals surface area contributed by atoms with E-state index in [0.717, 1.165) is 44.6 Å². The minimum Gasteiger partial charge on any atom is -0.356 e. The number of hydrogen-bond acceptors (Lipinski definition) is 4. The third-order valence-corrected chi connectivity index (χ3v) is 3.53. The summed E-state index contributed by atoms with van der Waals surface area (Å²) in [6.07, 6.45) is 5.29. The number of piperidine rings is 1. The van der Waals surface area contributed by atoms with Gasteiger partial charge in [0.05, 0.1) is 0 Å². The highest BCUT2D eigenvalue weighted by atomic mass is 127. The van der Waals surface area contributed by atoms with Crippen LogP contribution in [0.5, 0.6) is 0 Å². The Kier molecular flexibility index (Phi) is 7.18. The summed E-state index contributed by atoms with van der Waals surface area (Å²) in [5, 5.41) is 6.68. The van der Waals surface area contributed by atoms with E-state index in [0.29, 0.717) is 0 Å². The second-order valence-electron chi connectivity index (χ2n) is 4.82. The van der Waals surface area contributed by atoms with Gasteiger partial charge in [-0.3, -0.25) is 9.89 Å². The largest absolute Gasteiger partial charge is 0.356 e. The van der Waals surface area contributed by atoms with Gasteiger partial charge in [-0.25, -0.2) is 0 Å². The molecule has 0 radical (unpaired) electrons. The Morgan fingerprint density at radius 1 is 1.41 bits per heavy atom. The standard InChI is InChI=1S/C12H24N4.HI/c1-11-5-2-3-9-16(11)10-8-15-12-13-6-4-7-14-12;/h11H,2-10H2,1H3,(H2,13,14,15);1H. The fourth-order valence-electron chi connectivity index (χ4n) is 2.46. The van der Waals surface area contributed by atoms with Gasteiger partial charge in [-0.15, -0.1) is 24.0 Å². The summed E-state index contributed by atoms with van der Waals surface area (Å²) < 4.78 is 0. The Bertz CT molecular complexity index is 245. The van der Waals surface area contributed by atoms with Crippen LogP contribution in [0.4, 0.5) is 0 Å². The van der Waals surface area contributed by atoms with Crippen molar-refractivity contribution in [2.45, 2.75) is 38.6 Å². The van der Waals surface area contributed by atoms with E-state index in [1.807, 2.05) is 0 Å². The molecule has 2 heterocycles. The van der Waals surface area contributed by atoms with Crippen LogP contribution >= 0.6 is 24.0 Å². The van der Waals surface area contributed by atoms with Crippen LogP contribution in [-0.4, -0.2) is 49.6 Å². The number of halogens is 1. The van der Waals surface area contributed by atoms with Gasteiger partial charge < -0.3 is 10.6 Å². The molecule has 0 aromatic carbocycles. The predicted molar refractivity (Wildman–Crippen MR) is 83.2 cm³/mol. The Morgan fingerprint density at radius 3 is 3.00 bits per heavy atom. The molecular formula is C12H25IN4. The zero-order valence-electron chi connectivity index (χ0n) is 10.7. The van der Waals surface area contributed by atoms with Crippen molar-refractivity contribution in [1.82, 2.24) is 15.5 Å². The first-order valence-electron chi connectivity index (χ1n) is 6.62. The van der Waals surface area contributed by atoms with Crippen molar-refractivity contribution in [2.24, 2.45) is 4.99 Å². The van der Waals surface area contributed by atoms with E-state index in [4.69, 9.17) is 0 Å². The molecule has 0 aromatic heterocycles. The molecule has 100 valence electrons. The number of hydrogen-bond donors (Lipinski definition) is 2. The van der Waals surface area contributed by atoms with E-state index in [1.165, 1.54) is 25.8 Å². The molecule has 0 aliphatic carbocycles. The Morgan fingerprint density at radius 2 is 2.29 bits per heavy atom. The molecule has 2 N–H and O–H groups in total. The molecule has 0 amide bonds. The van der Waals surface area contributed by atoms with Gasteiger partial charge in [0.1, 0.15) is 0 Å². The second-order valence-corrected chi connectivity index (χ2v) is 4.82. The summed E-state index contributed by atoms with van der Waals surface area (Å²) in [5.41, 5.74) is 0. The second kappa shape index (κ2) is 8.13. The Labute approximate surface area is 122 Å². The summed E-state index contributed by atoms with van der Waals surface area (Å²) in [5.74, 6) is 0.996. The molecule has 4 nitrogen and oxygen atoms in total. The van der Waals surface area contributed by atoms with Crippen LogP contribution in [0.25, 0.3) is 0 Å². The average molecular weight is 352 g/mol. The normalized spacial score (nSPS) is 25.5. The number of nitrogens with zero attached hydrogens (tertiary/aromatic N) is 2. The van der Waals surface area contributed by atoms with Crippen LogP contribution in [0, 0.1) is 0 Å². The molecule has 17 heavy (non-hydrogen) atoms. The maximum atomic E-state index is 4.41. The first kappa shape index (κ1) is 15.0. The van der Waals surface area contributed by atoms with Gasteiger partial charge in [0, 0.05) is 32.2 Å². The maximum absolute atomic E-state index is 4.41. The van der Waals surface area contributed by atoms with Crippen LogP contribution in [0.3, 0.4) is 0 Å². The van der Waals surface area contributed by atoms with Crippen LogP contribution in [0.2, 0.25) is 0 Å². The molecule has 2 aliphatic heterocycles. The lowest BCUT2D eigenvalue weighted by Gasteiger charge is -2.33. The van der Waals surface area contributed by atoms with Crippen molar-refractivity contribution in [2.75, 3.05) is 32.7 Å². The monoisotopic (exact) mass is 352 g/mol. The van der Waals surface area contributed by atoms with Gasteiger partial charge in [-0.2, -0.15) is 0 Å². The van der Waals surface area contributed by atoms with Gasteiger partial charge in [0.15, 0.2) is 5.96 Å². The fourth-order valence-corrected chi connectivity index (χ4v) is 2.46. The van der Waals surface area contributed by atoms with E-state index in [2.05, 4.69) is 27.4 Å². The van der Waals surface area contributed by atoms with E-state index >= 15 is 0 Å². The van der Waals surface area contributed by atoms with Gasteiger partial charge in [0.25, 0.3) is 0 Å². The highest BCUT2D eigenvalue weighted by Gasteiger charge is 2.17. The maximum Gasteiger partial charge on any atom is 0.191 e. The third kappa shape index (κ3) is 4.99.